The molecule has 0 bridgehead atoms. The molecule has 3 nitrogen and oxygen atoms in total. The molecule has 0 spiro atoms. The van der Waals surface area contributed by atoms with E-state index in [1.165, 1.54) is 0 Å². The summed E-state index contributed by atoms with van der Waals surface area (Å²) in [6.45, 7) is 2.54. The first kappa shape index (κ1) is 9.31. The molecule has 1 unspecified atom stereocenters. The fourth-order valence-electron chi connectivity index (χ4n) is 0.351. The second-order valence-electron chi connectivity index (χ2n) is 1.48. The number of hydrogen-bond acceptors (Lipinski definition) is 3. The Morgan fingerprint density at radius 2 is 1.78 bits per heavy atom. The minimum Gasteiger partial charge on any atom is -0.382 e. The third-order valence-corrected chi connectivity index (χ3v) is 1.01. The fraction of sp³-hybridized carbons (Fsp3) is 1.00. The quantitative estimate of drug-likeness (QED) is 0.408. The second-order valence-corrected chi connectivity index (χ2v) is 1.81. The van der Waals surface area contributed by atoms with Crippen molar-refractivity contribution in [3.05, 3.63) is 0 Å². The maximum atomic E-state index is 5.05. The number of hydrogen-bond donors (Lipinski definition) is 0. The fourth-order valence-corrected chi connectivity index (χ4v) is 0.448. The summed E-state index contributed by atoms with van der Waals surface area (Å²) in [7, 11) is 3.81. The first-order valence-electron chi connectivity index (χ1n) is 2.80. The molecule has 0 saturated carbocycles. The molecule has 0 aliphatic rings. The molecule has 1 atom stereocenters. The van der Waals surface area contributed by atoms with E-state index in [0.717, 1.165) is 0 Å². The van der Waals surface area contributed by atoms with Gasteiger partial charge in [0, 0.05) is 16.6 Å². The molecule has 0 aliphatic carbocycles. The first-order chi connectivity index (χ1) is 4.41. The third-order valence-electron chi connectivity index (χ3n) is 0.777. The van der Waals surface area contributed by atoms with E-state index >= 15 is 0 Å². The van der Waals surface area contributed by atoms with E-state index in [-0.39, 0.29) is 0 Å². The van der Waals surface area contributed by atoms with Crippen molar-refractivity contribution in [1.82, 2.24) is 0 Å². The van der Waals surface area contributed by atoms with Gasteiger partial charge in [0.2, 0.25) is 0 Å². The lowest BCUT2D eigenvalue weighted by atomic mass is 10.7. The predicted molar refractivity (Wildman–Crippen MR) is 38.4 cm³/mol. The predicted octanol–water partition coefficient (Wildman–Crippen LogP) is 0.456. The van der Waals surface area contributed by atoms with Gasteiger partial charge in [-0.2, -0.15) is 0 Å². The van der Waals surface area contributed by atoms with Crippen LogP contribution in [-0.4, -0.2) is 33.5 Å². The maximum Gasteiger partial charge on any atom is 0.0736 e. The van der Waals surface area contributed by atoms with Crippen LogP contribution in [0, 0.1) is 0 Å². The Labute approximate surface area is 58.0 Å². The molecule has 0 fully saturated rings. The van der Waals surface area contributed by atoms with Crippen molar-refractivity contribution < 1.29 is 14.0 Å². The van der Waals surface area contributed by atoms with Crippen molar-refractivity contribution in [3.8, 4) is 0 Å². The molecule has 0 radical (unpaired) electrons. The Morgan fingerprint density at radius 1 is 1.11 bits per heavy atom. The lowest BCUT2D eigenvalue weighted by Crippen LogP contribution is -2.05. The highest BCUT2D eigenvalue weighted by Crippen LogP contribution is 1.83. The summed E-state index contributed by atoms with van der Waals surface area (Å²) in [5.41, 5.74) is 0. The van der Waals surface area contributed by atoms with Crippen LogP contribution in [0.4, 0.5) is 0 Å². The van der Waals surface area contributed by atoms with Crippen molar-refractivity contribution in [2.45, 2.75) is 0 Å². The second kappa shape index (κ2) is 8.31. The lowest BCUT2D eigenvalue weighted by molar-refractivity contribution is 0.0574. The molecule has 0 aromatic heterocycles. The molecule has 0 saturated heterocycles. The van der Waals surface area contributed by atoms with Gasteiger partial charge in [-0.15, -0.1) is 0 Å². The van der Waals surface area contributed by atoms with Crippen LogP contribution in [0.3, 0.4) is 0 Å². The standard InChI is InChI=1S/C5H13O3P/c1-6-2-3-7-4-5-8-9/h2-5,9H2,1H3. The zero-order valence-electron chi connectivity index (χ0n) is 5.63. The molecule has 56 valence electrons. The number of rotatable bonds is 6. The van der Waals surface area contributed by atoms with Crippen molar-refractivity contribution in [2.75, 3.05) is 33.5 Å². The smallest absolute Gasteiger partial charge is 0.0736 e. The number of methoxy groups -OCH3 is 1. The lowest BCUT2D eigenvalue weighted by Gasteiger charge is -2.00. The van der Waals surface area contributed by atoms with Crippen LogP contribution in [0.15, 0.2) is 0 Å². The van der Waals surface area contributed by atoms with Gasteiger partial charge in [0.25, 0.3) is 0 Å². The average Bonchev–Trinajstić information content (AvgIpc) is 1.89. The molecular formula is C5H13O3P. The van der Waals surface area contributed by atoms with Crippen molar-refractivity contribution in [2.24, 2.45) is 0 Å². The van der Waals surface area contributed by atoms with E-state index in [0.29, 0.717) is 26.4 Å². The molecule has 0 rings (SSSR count). The van der Waals surface area contributed by atoms with Crippen molar-refractivity contribution >= 4 is 9.47 Å². The van der Waals surface area contributed by atoms with Crippen LogP contribution in [0.2, 0.25) is 0 Å². The monoisotopic (exact) mass is 152 g/mol. The summed E-state index contributed by atoms with van der Waals surface area (Å²) < 4.78 is 14.5. The Morgan fingerprint density at radius 3 is 2.33 bits per heavy atom. The largest absolute Gasteiger partial charge is 0.382 e. The molecule has 9 heavy (non-hydrogen) atoms. The first-order valence-corrected chi connectivity index (χ1v) is 3.27. The third kappa shape index (κ3) is 8.31. The van der Waals surface area contributed by atoms with Gasteiger partial charge >= 0.3 is 0 Å². The Balaban J connectivity index is 2.60. The molecule has 0 aromatic carbocycles. The molecular weight excluding hydrogens is 139 g/mol. The van der Waals surface area contributed by atoms with E-state index in [4.69, 9.17) is 9.47 Å². The average molecular weight is 152 g/mol. The minimum atomic E-state index is 0.619. The Hall–Kier alpha value is 0.310. The van der Waals surface area contributed by atoms with Crippen LogP contribution in [0.5, 0.6) is 0 Å². The number of ether oxygens (including phenoxy) is 2. The highest BCUT2D eigenvalue weighted by atomic mass is 31.0. The van der Waals surface area contributed by atoms with Gasteiger partial charge in [0.05, 0.1) is 26.4 Å². The van der Waals surface area contributed by atoms with Gasteiger partial charge in [-0.25, -0.2) is 0 Å². The molecule has 4 heteroatoms. The van der Waals surface area contributed by atoms with Gasteiger partial charge in [-0.05, 0) is 0 Å². The van der Waals surface area contributed by atoms with E-state index in [9.17, 15) is 0 Å². The highest BCUT2D eigenvalue weighted by molar-refractivity contribution is 7.09. The summed E-state index contributed by atoms with van der Waals surface area (Å²) in [5, 5.41) is 0. The van der Waals surface area contributed by atoms with Crippen LogP contribution >= 0.6 is 9.47 Å². The minimum absolute atomic E-state index is 0.619. The van der Waals surface area contributed by atoms with E-state index in [1.54, 1.807) is 7.11 Å². The summed E-state index contributed by atoms with van der Waals surface area (Å²) in [5.74, 6) is 0. The maximum absolute atomic E-state index is 5.05. The Kier molecular flexibility index (Phi) is 8.60. The molecule has 0 aliphatic heterocycles. The van der Waals surface area contributed by atoms with Crippen LogP contribution in [0.25, 0.3) is 0 Å². The summed E-state index contributed by atoms with van der Waals surface area (Å²) in [6.07, 6.45) is 0. The van der Waals surface area contributed by atoms with E-state index in [2.05, 4.69) is 14.0 Å². The van der Waals surface area contributed by atoms with Crippen LogP contribution in [0.1, 0.15) is 0 Å². The normalized spacial score (nSPS) is 10.0. The topological polar surface area (TPSA) is 27.7 Å². The van der Waals surface area contributed by atoms with Crippen molar-refractivity contribution in [1.29, 1.82) is 0 Å². The summed E-state index contributed by atoms with van der Waals surface area (Å²) in [6, 6.07) is 0. The van der Waals surface area contributed by atoms with Gasteiger partial charge in [-0.1, -0.05) is 0 Å². The highest BCUT2D eigenvalue weighted by Gasteiger charge is 1.84. The van der Waals surface area contributed by atoms with Crippen molar-refractivity contribution in [3.63, 3.8) is 0 Å². The Bertz CT molecular complexity index is 45.5. The SMILES string of the molecule is COCCOCCOP. The van der Waals surface area contributed by atoms with Gasteiger partial charge < -0.3 is 14.0 Å². The van der Waals surface area contributed by atoms with Gasteiger partial charge in [0.15, 0.2) is 0 Å². The molecule has 0 heterocycles. The molecule has 0 aromatic rings. The molecule has 0 amide bonds. The van der Waals surface area contributed by atoms with Gasteiger partial charge in [-0.3, -0.25) is 0 Å². The summed E-state index contributed by atoms with van der Waals surface area (Å²) >= 11 is 0. The zero-order valence-corrected chi connectivity index (χ0v) is 6.79. The summed E-state index contributed by atoms with van der Waals surface area (Å²) in [4.78, 5) is 0. The van der Waals surface area contributed by atoms with Crippen LogP contribution in [-0.2, 0) is 14.0 Å². The molecule has 0 N–H and O–H groups in total. The zero-order chi connectivity index (χ0) is 6.95. The van der Waals surface area contributed by atoms with Crippen LogP contribution < -0.4 is 0 Å². The van der Waals surface area contributed by atoms with E-state index in [1.807, 2.05) is 0 Å². The van der Waals surface area contributed by atoms with E-state index < -0.39 is 0 Å². The van der Waals surface area contributed by atoms with Gasteiger partial charge in [0.1, 0.15) is 0 Å².